The fourth-order valence-electron chi connectivity index (χ4n) is 9.06. The zero-order valence-corrected chi connectivity index (χ0v) is 48.3. The molecule has 0 spiro atoms. The quantitative estimate of drug-likeness (QED) is 0.0514. The maximum Gasteiger partial charge on any atom is 0.174 e. The molecule has 0 saturated carbocycles. The van der Waals surface area contributed by atoms with Gasteiger partial charge in [0, 0.05) is 130 Å². The smallest absolute Gasteiger partial charge is 0.174 e. The van der Waals surface area contributed by atoms with E-state index in [0.717, 1.165) is 117 Å². The fourth-order valence-corrected chi connectivity index (χ4v) is 10.6. The van der Waals surface area contributed by atoms with E-state index in [4.69, 9.17) is 94.3 Å². The fraction of sp³-hybridized carbons (Fsp3) is 0.194. The molecular formula is C62H53Cl6N9O4. The molecule has 0 radical (unpaired) electrons. The molecule has 10 rings (SSSR count). The summed E-state index contributed by atoms with van der Waals surface area (Å²) < 4.78 is 24.0. The van der Waals surface area contributed by atoms with Gasteiger partial charge < -0.3 is 27.9 Å². The third-order valence-electron chi connectivity index (χ3n) is 13.1. The van der Waals surface area contributed by atoms with Crippen molar-refractivity contribution >= 4 is 121 Å². The van der Waals surface area contributed by atoms with Crippen molar-refractivity contribution in [2.75, 3.05) is 0 Å². The van der Waals surface area contributed by atoms with Crippen LogP contribution >= 0.6 is 69.6 Å². The summed E-state index contributed by atoms with van der Waals surface area (Å²) in [6, 6.07) is 44.1. The second-order valence-electron chi connectivity index (χ2n) is 18.3. The second kappa shape index (κ2) is 29.1. The average Bonchev–Trinajstić information content (AvgIpc) is 4.35. The van der Waals surface area contributed by atoms with Gasteiger partial charge in [-0.25, -0.2) is 0 Å². The van der Waals surface area contributed by atoms with Gasteiger partial charge in [-0.1, -0.05) is 106 Å². The standard InChI is InChI=1S/C21H19Cl2N5O.C21H18Cl2N2O.C20H16Cl2N2O2/c1-2-15-11-14-12-16(29-13-17-18(22)5-3-6-19(17)23)8-9-20(14)28(15)10-4-7-21-24-26-27-25-21;1-2-16-12-15-13-17(8-9-21(15)25(16)11-4-3-10-24)26-14-18-19(22)6-5-7-20(18)23;21-18-4-3-5-19(22)17(18)13-26-16-6-7-20-14(11-16)10-15(12-25)24(20)9-2-1-8-23/h2-3,5-6,8-9,11-12H,1,4,7,10,13H2,(H,24,25,26,27);2,5-9,12-13H,1,3-4,11,14H2;3-7,10-12H,1-2,9,13H2. The van der Waals surface area contributed by atoms with E-state index in [2.05, 4.69) is 73.3 Å². The van der Waals surface area contributed by atoms with Gasteiger partial charge in [0.15, 0.2) is 12.1 Å². The molecule has 0 fully saturated rings. The molecule has 10 aromatic rings. The highest BCUT2D eigenvalue weighted by molar-refractivity contribution is 6.37. The topological polar surface area (TPSA) is 162 Å². The number of tetrazole rings is 1. The number of H-pyrrole nitrogens is 1. The van der Waals surface area contributed by atoms with Crippen molar-refractivity contribution in [3.63, 3.8) is 0 Å². The third kappa shape index (κ3) is 15.2. The Hall–Kier alpha value is -7.72. The molecule has 0 aliphatic rings. The zero-order valence-electron chi connectivity index (χ0n) is 43.7. The number of hydrogen-bond donors (Lipinski definition) is 1. The second-order valence-corrected chi connectivity index (χ2v) is 20.7. The number of halogens is 6. The number of nitrogens with zero attached hydrogens (tertiary/aromatic N) is 8. The van der Waals surface area contributed by atoms with Gasteiger partial charge in [0.2, 0.25) is 0 Å². The lowest BCUT2D eigenvalue weighted by Gasteiger charge is -2.11. The minimum Gasteiger partial charge on any atom is -0.489 e. The van der Waals surface area contributed by atoms with E-state index in [0.29, 0.717) is 80.6 Å². The minimum absolute atomic E-state index is 0.257. The molecule has 0 aliphatic carbocycles. The molecule has 0 unspecified atom stereocenters. The number of aromatic nitrogens is 7. The molecule has 4 heterocycles. The van der Waals surface area contributed by atoms with Gasteiger partial charge in [-0.15, -0.1) is 10.2 Å². The van der Waals surface area contributed by atoms with Crippen molar-refractivity contribution in [3.05, 3.63) is 210 Å². The molecule has 0 amide bonds. The molecule has 81 heavy (non-hydrogen) atoms. The maximum atomic E-state index is 11.4. The number of aryl methyl sites for hydroxylation is 4. The monoisotopic (exact) mass is 1200 g/mol. The molecule has 412 valence electrons. The van der Waals surface area contributed by atoms with Crippen molar-refractivity contribution in [2.24, 2.45) is 0 Å². The van der Waals surface area contributed by atoms with E-state index in [1.54, 1.807) is 42.5 Å². The summed E-state index contributed by atoms with van der Waals surface area (Å²) in [5.74, 6) is 2.89. The van der Waals surface area contributed by atoms with E-state index in [1.807, 2.05) is 83.4 Å². The summed E-state index contributed by atoms with van der Waals surface area (Å²) in [5.41, 5.74) is 8.12. The molecule has 19 heteroatoms. The first-order valence-electron chi connectivity index (χ1n) is 25.7. The van der Waals surface area contributed by atoms with E-state index in [-0.39, 0.29) is 6.61 Å². The van der Waals surface area contributed by atoms with Gasteiger partial charge in [-0.05, 0) is 141 Å². The van der Waals surface area contributed by atoms with Gasteiger partial charge in [0.25, 0.3) is 0 Å². The third-order valence-corrected chi connectivity index (χ3v) is 15.2. The number of ether oxygens (including phenoxy) is 3. The van der Waals surface area contributed by atoms with E-state index < -0.39 is 0 Å². The number of aldehydes is 1. The number of fused-ring (bicyclic) bond motifs is 3. The van der Waals surface area contributed by atoms with Crippen LogP contribution < -0.4 is 14.2 Å². The number of aromatic amines is 1. The van der Waals surface area contributed by atoms with E-state index in [1.165, 1.54) is 0 Å². The first-order chi connectivity index (χ1) is 39.4. The maximum absolute atomic E-state index is 11.4. The SMILES string of the molecule is C=Cc1cc2cc(OCc3c(Cl)cccc3Cl)ccc2n1CCCC#N.C=Cc1cc2cc(OCc3c(Cl)cccc3Cl)ccc2n1CCCc1nn[nH]n1.N#CCCCn1c(C=O)cc2cc(OCc3c(Cl)cccc3Cl)ccc21. The largest absolute Gasteiger partial charge is 0.489 e. The van der Waals surface area contributed by atoms with Crippen LogP contribution in [0.25, 0.3) is 44.9 Å². The van der Waals surface area contributed by atoms with Crippen LogP contribution in [-0.2, 0) is 45.9 Å². The van der Waals surface area contributed by atoms with Crippen LogP contribution in [0.5, 0.6) is 17.2 Å². The normalized spacial score (nSPS) is 10.8. The minimum atomic E-state index is 0.257. The highest BCUT2D eigenvalue weighted by Crippen LogP contribution is 2.33. The Kier molecular flexibility index (Phi) is 21.4. The van der Waals surface area contributed by atoms with Gasteiger partial charge in [0.1, 0.15) is 37.1 Å². The number of rotatable bonds is 22. The van der Waals surface area contributed by atoms with Crippen molar-refractivity contribution in [3.8, 4) is 29.4 Å². The molecule has 13 nitrogen and oxygen atoms in total. The average molecular weight is 1200 g/mol. The summed E-state index contributed by atoms with van der Waals surface area (Å²) in [4.78, 5) is 11.4. The van der Waals surface area contributed by atoms with Gasteiger partial charge in [-0.2, -0.15) is 15.7 Å². The Balaban J connectivity index is 0.000000160. The van der Waals surface area contributed by atoms with Crippen LogP contribution in [-0.4, -0.2) is 40.6 Å². The Morgan fingerprint density at radius 1 is 0.506 bits per heavy atom. The van der Waals surface area contributed by atoms with Crippen molar-refractivity contribution in [2.45, 2.75) is 78.0 Å². The molecular weight excluding hydrogens is 1150 g/mol. The molecule has 0 aliphatic heterocycles. The lowest BCUT2D eigenvalue weighted by atomic mass is 10.2. The van der Waals surface area contributed by atoms with E-state index >= 15 is 0 Å². The van der Waals surface area contributed by atoms with Crippen LogP contribution in [0.15, 0.2) is 141 Å². The van der Waals surface area contributed by atoms with Crippen molar-refractivity contribution < 1.29 is 19.0 Å². The number of benzene rings is 6. The molecule has 0 saturated heterocycles. The Morgan fingerprint density at radius 3 is 1.20 bits per heavy atom. The Bertz CT molecular complexity index is 3690. The highest BCUT2D eigenvalue weighted by Gasteiger charge is 2.15. The molecule has 6 aromatic carbocycles. The summed E-state index contributed by atoms with van der Waals surface area (Å²) in [6.07, 6.45) is 8.67. The number of nitriles is 2. The van der Waals surface area contributed by atoms with Crippen molar-refractivity contribution in [1.29, 1.82) is 10.5 Å². The first-order valence-corrected chi connectivity index (χ1v) is 27.9. The van der Waals surface area contributed by atoms with Crippen LogP contribution in [0, 0.1) is 22.7 Å². The first kappa shape index (κ1) is 59.4. The number of unbranched alkanes of at least 4 members (excludes halogenated alkanes) is 2. The lowest BCUT2D eigenvalue weighted by molar-refractivity contribution is 0.111. The number of nitrogens with one attached hydrogen (secondary N) is 1. The van der Waals surface area contributed by atoms with E-state index in [9.17, 15) is 4.79 Å². The number of carbonyl (C=O) groups excluding carboxylic acids is 1. The van der Waals surface area contributed by atoms with Crippen LogP contribution in [0.4, 0.5) is 0 Å². The summed E-state index contributed by atoms with van der Waals surface area (Å²) in [7, 11) is 0. The summed E-state index contributed by atoms with van der Waals surface area (Å²) in [5, 5.41) is 38.1. The van der Waals surface area contributed by atoms with Crippen LogP contribution in [0.1, 0.15) is 76.5 Å². The summed E-state index contributed by atoms with van der Waals surface area (Å²) in [6.45, 7) is 10.9. The number of hydrogen-bond acceptors (Lipinski definition) is 9. The van der Waals surface area contributed by atoms with Gasteiger partial charge in [0.05, 0.1) is 17.8 Å². The predicted molar refractivity (Wildman–Crippen MR) is 326 cm³/mol. The summed E-state index contributed by atoms with van der Waals surface area (Å²) >= 11 is 37.2. The van der Waals surface area contributed by atoms with Crippen LogP contribution in [0.3, 0.4) is 0 Å². The molecule has 0 atom stereocenters. The highest BCUT2D eigenvalue weighted by atomic mass is 35.5. The lowest BCUT2D eigenvalue weighted by Crippen LogP contribution is -2.02. The molecule has 4 aromatic heterocycles. The molecule has 0 bridgehead atoms. The van der Waals surface area contributed by atoms with Crippen LogP contribution in [0.2, 0.25) is 30.1 Å². The predicted octanol–water partition coefficient (Wildman–Crippen LogP) is 17.4. The molecule has 1 N–H and O–H groups in total. The van der Waals surface area contributed by atoms with Gasteiger partial charge in [-0.3, -0.25) is 4.79 Å². The Labute approximate surface area is 499 Å². The number of carbonyl (C=O) groups is 1. The van der Waals surface area contributed by atoms with Gasteiger partial charge >= 0.3 is 0 Å². The zero-order chi connectivity index (χ0) is 57.3. The Morgan fingerprint density at radius 2 is 0.864 bits per heavy atom. The van der Waals surface area contributed by atoms with Crippen molar-refractivity contribution in [1.82, 2.24) is 34.3 Å².